The van der Waals surface area contributed by atoms with Gasteiger partial charge in [-0.2, -0.15) is 0 Å². The fourth-order valence-corrected chi connectivity index (χ4v) is 4.24. The maximum absolute atomic E-state index is 5.58. The molecule has 2 aliphatic rings. The predicted molar refractivity (Wildman–Crippen MR) is 136 cm³/mol. The highest BCUT2D eigenvalue weighted by atomic mass is 127. The third-order valence-electron chi connectivity index (χ3n) is 6.35. The van der Waals surface area contributed by atoms with Crippen LogP contribution in [0.15, 0.2) is 29.3 Å². The molecule has 0 spiro atoms. The van der Waals surface area contributed by atoms with E-state index in [2.05, 4.69) is 65.7 Å². The van der Waals surface area contributed by atoms with Crippen LogP contribution in [0.1, 0.15) is 43.7 Å². The number of nitrogens with one attached hydrogen (secondary N) is 2. The predicted octanol–water partition coefficient (Wildman–Crippen LogP) is 3.07. The van der Waals surface area contributed by atoms with Crippen LogP contribution in [0.4, 0.5) is 0 Å². The molecule has 0 atom stereocenters. The second-order valence-electron chi connectivity index (χ2n) is 8.58. The number of guanidine groups is 1. The van der Waals surface area contributed by atoms with Crippen molar-refractivity contribution in [3.63, 3.8) is 0 Å². The van der Waals surface area contributed by atoms with Gasteiger partial charge >= 0.3 is 0 Å². The standard InChI is InChI=1S/C23H39N5O.HI/c1-4-24-22(26-19-23(27(2)3)11-15-29-16-12-23)25-17-20-7-9-21(10-8-20)18-28-13-5-6-14-28;/h7-10H,4-6,11-19H2,1-3H3,(H2,24,25,26);1H. The molecule has 0 amide bonds. The van der Waals surface area contributed by atoms with Gasteiger partial charge in [-0.25, -0.2) is 4.99 Å². The summed E-state index contributed by atoms with van der Waals surface area (Å²) in [6.07, 6.45) is 4.78. The molecule has 2 fully saturated rings. The molecular weight excluding hydrogens is 489 g/mol. The minimum Gasteiger partial charge on any atom is -0.381 e. The maximum Gasteiger partial charge on any atom is 0.191 e. The van der Waals surface area contributed by atoms with Crippen molar-refractivity contribution >= 4 is 29.9 Å². The highest BCUT2D eigenvalue weighted by Gasteiger charge is 2.34. The summed E-state index contributed by atoms with van der Waals surface area (Å²) in [6, 6.07) is 8.95. The van der Waals surface area contributed by atoms with Crippen LogP contribution in [0.25, 0.3) is 0 Å². The number of benzene rings is 1. The molecule has 2 N–H and O–H groups in total. The van der Waals surface area contributed by atoms with Gasteiger partial charge in [0.25, 0.3) is 0 Å². The van der Waals surface area contributed by atoms with Crippen molar-refractivity contribution in [2.75, 3.05) is 53.5 Å². The zero-order chi connectivity index (χ0) is 20.5. The van der Waals surface area contributed by atoms with Crippen LogP contribution in [-0.4, -0.2) is 74.8 Å². The van der Waals surface area contributed by atoms with Crippen LogP contribution in [0.2, 0.25) is 0 Å². The molecule has 2 saturated heterocycles. The Labute approximate surface area is 199 Å². The second-order valence-corrected chi connectivity index (χ2v) is 8.58. The largest absolute Gasteiger partial charge is 0.381 e. The van der Waals surface area contributed by atoms with Crippen molar-refractivity contribution in [2.24, 2.45) is 4.99 Å². The molecule has 0 aromatic heterocycles. The fraction of sp³-hybridized carbons (Fsp3) is 0.696. The first-order valence-electron chi connectivity index (χ1n) is 11.2. The van der Waals surface area contributed by atoms with Crippen molar-refractivity contribution in [2.45, 2.75) is 51.2 Å². The van der Waals surface area contributed by atoms with E-state index in [0.717, 1.165) is 51.6 Å². The second kappa shape index (κ2) is 12.8. The van der Waals surface area contributed by atoms with Gasteiger partial charge < -0.3 is 20.3 Å². The van der Waals surface area contributed by atoms with Gasteiger partial charge in [0.2, 0.25) is 0 Å². The summed E-state index contributed by atoms with van der Waals surface area (Å²) in [5.74, 6) is 0.890. The highest BCUT2D eigenvalue weighted by molar-refractivity contribution is 14.0. The molecule has 170 valence electrons. The Morgan fingerprint density at radius 1 is 1.07 bits per heavy atom. The molecule has 7 heteroatoms. The van der Waals surface area contributed by atoms with Gasteiger partial charge in [-0.3, -0.25) is 4.90 Å². The molecule has 1 aromatic carbocycles. The third-order valence-corrected chi connectivity index (χ3v) is 6.35. The SMILES string of the molecule is CCNC(=NCc1ccc(CN2CCCC2)cc1)NCC1(N(C)C)CCOCC1.I. The Bertz CT molecular complexity index is 637. The first-order chi connectivity index (χ1) is 14.1. The zero-order valence-corrected chi connectivity index (χ0v) is 21.3. The first-order valence-corrected chi connectivity index (χ1v) is 11.2. The number of likely N-dealkylation sites (N-methyl/N-ethyl adjacent to an activating group) is 1. The van der Waals surface area contributed by atoms with E-state index in [1.54, 1.807) is 0 Å². The molecule has 1 aromatic rings. The van der Waals surface area contributed by atoms with E-state index < -0.39 is 0 Å². The summed E-state index contributed by atoms with van der Waals surface area (Å²) >= 11 is 0. The van der Waals surface area contributed by atoms with Crippen molar-refractivity contribution < 1.29 is 4.74 Å². The Morgan fingerprint density at radius 2 is 1.70 bits per heavy atom. The molecule has 0 radical (unpaired) electrons. The first kappa shape index (κ1) is 25.4. The average Bonchev–Trinajstić information content (AvgIpc) is 3.25. The molecule has 3 rings (SSSR count). The number of halogens is 1. The summed E-state index contributed by atoms with van der Waals surface area (Å²) in [6.45, 7) is 9.76. The van der Waals surface area contributed by atoms with Gasteiger partial charge in [0, 0.05) is 38.4 Å². The van der Waals surface area contributed by atoms with Crippen LogP contribution in [0, 0.1) is 0 Å². The van der Waals surface area contributed by atoms with Gasteiger partial charge in [0.1, 0.15) is 0 Å². The van der Waals surface area contributed by atoms with Crippen LogP contribution in [0.3, 0.4) is 0 Å². The van der Waals surface area contributed by atoms with Gasteiger partial charge in [-0.05, 0) is 70.9 Å². The molecule has 0 unspecified atom stereocenters. The van der Waals surface area contributed by atoms with Crippen LogP contribution in [-0.2, 0) is 17.8 Å². The summed E-state index contributed by atoms with van der Waals surface area (Å²) in [7, 11) is 4.33. The lowest BCUT2D eigenvalue weighted by Crippen LogP contribution is -2.57. The smallest absolute Gasteiger partial charge is 0.191 e. The lowest BCUT2D eigenvalue weighted by Gasteiger charge is -2.43. The van der Waals surface area contributed by atoms with Crippen LogP contribution >= 0.6 is 24.0 Å². The number of ether oxygens (including phenoxy) is 1. The number of rotatable bonds is 8. The third kappa shape index (κ3) is 7.35. The Balaban J connectivity index is 0.00000320. The molecule has 2 aliphatic heterocycles. The minimum absolute atomic E-state index is 0. The Morgan fingerprint density at radius 3 is 2.30 bits per heavy atom. The van der Waals surface area contributed by atoms with E-state index in [-0.39, 0.29) is 29.5 Å². The summed E-state index contributed by atoms with van der Waals surface area (Å²) < 4.78 is 5.58. The van der Waals surface area contributed by atoms with Gasteiger partial charge in [-0.1, -0.05) is 24.3 Å². The van der Waals surface area contributed by atoms with Crippen molar-refractivity contribution in [1.82, 2.24) is 20.4 Å². The number of nitrogens with zero attached hydrogens (tertiary/aromatic N) is 3. The van der Waals surface area contributed by atoms with E-state index in [4.69, 9.17) is 9.73 Å². The maximum atomic E-state index is 5.58. The monoisotopic (exact) mass is 529 g/mol. The summed E-state index contributed by atoms with van der Waals surface area (Å²) in [4.78, 5) is 9.70. The van der Waals surface area contributed by atoms with Crippen LogP contribution in [0.5, 0.6) is 0 Å². The van der Waals surface area contributed by atoms with Crippen LogP contribution < -0.4 is 10.6 Å². The van der Waals surface area contributed by atoms with E-state index in [0.29, 0.717) is 6.54 Å². The zero-order valence-electron chi connectivity index (χ0n) is 19.0. The normalized spacial score (nSPS) is 19.5. The Kier molecular flexibility index (Phi) is 10.8. The summed E-state index contributed by atoms with van der Waals surface area (Å²) in [5.41, 5.74) is 2.78. The molecule has 2 heterocycles. The molecule has 0 bridgehead atoms. The van der Waals surface area contributed by atoms with Gasteiger partial charge in [0.15, 0.2) is 5.96 Å². The molecule has 30 heavy (non-hydrogen) atoms. The molecule has 0 aliphatic carbocycles. The van der Waals surface area contributed by atoms with E-state index >= 15 is 0 Å². The van der Waals surface area contributed by atoms with Gasteiger partial charge in [0.05, 0.1) is 6.54 Å². The topological polar surface area (TPSA) is 52.1 Å². The minimum atomic E-state index is 0. The van der Waals surface area contributed by atoms with Crippen molar-refractivity contribution in [1.29, 1.82) is 0 Å². The molecule has 0 saturated carbocycles. The molecular formula is C23H40IN5O. The van der Waals surface area contributed by atoms with Crippen molar-refractivity contribution in [3.8, 4) is 0 Å². The quantitative estimate of drug-likeness (QED) is 0.308. The number of hydrogen-bond donors (Lipinski definition) is 2. The number of aliphatic imine (C=N–C) groups is 1. The summed E-state index contributed by atoms with van der Waals surface area (Å²) in [5, 5.41) is 6.97. The van der Waals surface area contributed by atoms with Crippen molar-refractivity contribution in [3.05, 3.63) is 35.4 Å². The molecule has 6 nitrogen and oxygen atoms in total. The van der Waals surface area contributed by atoms with E-state index in [1.807, 2.05) is 0 Å². The van der Waals surface area contributed by atoms with E-state index in [9.17, 15) is 0 Å². The fourth-order valence-electron chi connectivity index (χ4n) is 4.24. The highest BCUT2D eigenvalue weighted by Crippen LogP contribution is 2.25. The average molecular weight is 530 g/mol. The Hall–Kier alpha value is -0.900. The lowest BCUT2D eigenvalue weighted by molar-refractivity contribution is -0.00501. The lowest BCUT2D eigenvalue weighted by atomic mass is 9.88. The number of hydrogen-bond acceptors (Lipinski definition) is 4. The number of likely N-dealkylation sites (tertiary alicyclic amines) is 1. The van der Waals surface area contributed by atoms with E-state index in [1.165, 1.54) is 37.1 Å². The van der Waals surface area contributed by atoms with Gasteiger partial charge in [-0.15, -0.1) is 24.0 Å².